The summed E-state index contributed by atoms with van der Waals surface area (Å²) in [6.45, 7) is 1.85. The number of anilines is 1. The van der Waals surface area contributed by atoms with Gasteiger partial charge in [-0.2, -0.15) is 4.98 Å². The molecule has 7 nitrogen and oxygen atoms in total. The van der Waals surface area contributed by atoms with Crippen LogP contribution in [0.2, 0.25) is 0 Å². The minimum Gasteiger partial charge on any atom is -0.497 e. The van der Waals surface area contributed by atoms with Crippen molar-refractivity contribution < 1.29 is 18.4 Å². The number of nitrogens with one attached hydrogen (secondary N) is 1. The second kappa shape index (κ2) is 8.82. The van der Waals surface area contributed by atoms with E-state index in [2.05, 4.69) is 15.5 Å². The van der Waals surface area contributed by atoms with Crippen molar-refractivity contribution in [3.05, 3.63) is 102 Å². The molecule has 0 spiro atoms. The van der Waals surface area contributed by atoms with E-state index in [1.807, 2.05) is 61.5 Å². The van der Waals surface area contributed by atoms with Crippen molar-refractivity contribution >= 4 is 17.3 Å². The summed E-state index contributed by atoms with van der Waals surface area (Å²) in [6.07, 6.45) is 0. The van der Waals surface area contributed by atoms with Gasteiger partial charge in [-0.05, 0) is 61.0 Å². The molecule has 4 aromatic rings. The Morgan fingerprint density at radius 2 is 1.71 bits per heavy atom. The molecular weight excluding hydrogens is 435 g/mol. The number of hydrogen-bond acceptors (Lipinski definition) is 5. The molecule has 170 valence electrons. The number of aromatic nitrogens is 2. The van der Waals surface area contributed by atoms with Crippen molar-refractivity contribution in [1.29, 1.82) is 0 Å². The van der Waals surface area contributed by atoms with Gasteiger partial charge in [0, 0.05) is 11.3 Å². The third kappa shape index (κ3) is 3.90. The third-order valence-electron chi connectivity index (χ3n) is 5.71. The van der Waals surface area contributed by atoms with Crippen LogP contribution in [0.1, 0.15) is 24.4 Å². The molecule has 1 N–H and O–H groups in total. The van der Waals surface area contributed by atoms with Crippen LogP contribution in [-0.2, 0) is 0 Å². The van der Waals surface area contributed by atoms with E-state index < -0.39 is 6.04 Å². The topological polar surface area (TPSA) is 80.5 Å². The highest BCUT2D eigenvalue weighted by Crippen LogP contribution is 2.39. The fraction of sp³-hybridized carbons (Fsp3) is 0.115. The lowest BCUT2D eigenvalue weighted by Gasteiger charge is -2.35. The number of hydrogen-bond donors (Lipinski definition) is 1. The first-order chi connectivity index (χ1) is 16.5. The minimum absolute atomic E-state index is 0.263. The van der Waals surface area contributed by atoms with E-state index in [9.17, 15) is 9.18 Å². The van der Waals surface area contributed by atoms with Crippen LogP contribution < -0.4 is 15.0 Å². The highest BCUT2D eigenvalue weighted by Gasteiger charge is 2.36. The quantitative estimate of drug-likeness (QED) is 0.424. The molecular formula is C26H21FN4O3. The number of urea groups is 1. The molecule has 0 radical (unpaired) electrons. The first kappa shape index (κ1) is 21.4. The van der Waals surface area contributed by atoms with Crippen LogP contribution in [-0.4, -0.2) is 23.3 Å². The average molecular weight is 456 g/mol. The van der Waals surface area contributed by atoms with E-state index in [4.69, 9.17) is 9.26 Å². The molecule has 34 heavy (non-hydrogen) atoms. The smallest absolute Gasteiger partial charge is 0.326 e. The number of allylic oxidation sites excluding steroid dienone is 1. The van der Waals surface area contributed by atoms with Gasteiger partial charge < -0.3 is 14.6 Å². The van der Waals surface area contributed by atoms with Crippen LogP contribution in [0.5, 0.6) is 5.75 Å². The lowest BCUT2D eigenvalue weighted by atomic mass is 9.94. The lowest BCUT2D eigenvalue weighted by Crippen LogP contribution is -2.46. The SMILES string of the molecule is COc1ccc(C2NC(=O)N(c3ccccc3)C(C)=C2c2nc(-c3ccc(F)cc3)no2)cc1. The van der Waals surface area contributed by atoms with Crippen LogP contribution >= 0.6 is 0 Å². The minimum atomic E-state index is -0.528. The van der Waals surface area contributed by atoms with Crippen LogP contribution in [0.15, 0.2) is 89.1 Å². The highest BCUT2D eigenvalue weighted by molar-refractivity contribution is 6.01. The van der Waals surface area contributed by atoms with Crippen LogP contribution in [0, 0.1) is 5.82 Å². The number of benzene rings is 3. The summed E-state index contributed by atoms with van der Waals surface area (Å²) >= 11 is 0. The lowest BCUT2D eigenvalue weighted by molar-refractivity contribution is 0.244. The molecule has 1 aliphatic rings. The first-order valence-corrected chi connectivity index (χ1v) is 10.7. The molecule has 0 saturated carbocycles. The van der Waals surface area contributed by atoms with Crippen LogP contribution in [0.3, 0.4) is 0 Å². The van der Waals surface area contributed by atoms with Gasteiger partial charge in [0.1, 0.15) is 11.6 Å². The van der Waals surface area contributed by atoms with Crippen molar-refractivity contribution in [3.63, 3.8) is 0 Å². The molecule has 2 heterocycles. The van der Waals surface area contributed by atoms with E-state index >= 15 is 0 Å². The zero-order chi connectivity index (χ0) is 23.7. The fourth-order valence-corrected chi connectivity index (χ4v) is 4.00. The number of rotatable bonds is 5. The third-order valence-corrected chi connectivity index (χ3v) is 5.71. The van der Waals surface area contributed by atoms with E-state index in [1.54, 1.807) is 24.1 Å². The van der Waals surface area contributed by atoms with Gasteiger partial charge in [-0.15, -0.1) is 0 Å². The number of amides is 2. The number of ether oxygens (including phenoxy) is 1. The Hall–Kier alpha value is -4.46. The number of carbonyl (C=O) groups is 1. The van der Waals surface area contributed by atoms with Gasteiger partial charge in [0.2, 0.25) is 5.82 Å². The standard InChI is InChI=1S/C26H21FN4O3/c1-16-22(25-29-24(30-34-25)18-8-12-19(27)13-9-18)23(17-10-14-21(33-2)15-11-17)28-26(32)31(16)20-6-4-3-5-7-20/h3-15,23H,1-2H3,(H,28,32). The maximum atomic E-state index is 13.4. The molecule has 0 aliphatic carbocycles. The summed E-state index contributed by atoms with van der Waals surface area (Å²) in [5.74, 6) is 0.944. The zero-order valence-electron chi connectivity index (χ0n) is 18.5. The van der Waals surface area contributed by atoms with Crippen LogP contribution in [0.25, 0.3) is 17.0 Å². The second-order valence-corrected chi connectivity index (χ2v) is 7.76. The molecule has 0 bridgehead atoms. The summed E-state index contributed by atoms with van der Waals surface area (Å²) in [6, 6.07) is 21.8. The average Bonchev–Trinajstić information content (AvgIpc) is 3.34. The van der Waals surface area contributed by atoms with Gasteiger partial charge in [-0.1, -0.05) is 35.5 Å². The summed E-state index contributed by atoms with van der Waals surface area (Å²) in [7, 11) is 1.60. The van der Waals surface area contributed by atoms with Crippen LogP contribution in [0.4, 0.5) is 14.9 Å². The van der Waals surface area contributed by atoms with Crippen molar-refractivity contribution in [2.75, 3.05) is 12.0 Å². The monoisotopic (exact) mass is 456 g/mol. The van der Waals surface area contributed by atoms with Gasteiger partial charge in [-0.25, -0.2) is 9.18 Å². The first-order valence-electron chi connectivity index (χ1n) is 10.7. The van der Waals surface area contributed by atoms with Gasteiger partial charge >= 0.3 is 6.03 Å². The maximum Gasteiger partial charge on any atom is 0.326 e. The molecule has 0 saturated heterocycles. The summed E-state index contributed by atoms with van der Waals surface area (Å²) < 4.78 is 24.3. The predicted octanol–water partition coefficient (Wildman–Crippen LogP) is 5.59. The molecule has 3 aromatic carbocycles. The number of nitrogens with zero attached hydrogens (tertiary/aromatic N) is 3. The molecule has 1 unspecified atom stereocenters. The Labute approximate surface area is 195 Å². The van der Waals surface area contributed by atoms with Crippen molar-refractivity contribution in [2.45, 2.75) is 13.0 Å². The zero-order valence-corrected chi connectivity index (χ0v) is 18.5. The van der Waals surface area contributed by atoms with E-state index in [0.717, 1.165) is 5.56 Å². The van der Waals surface area contributed by atoms with Gasteiger partial charge in [0.15, 0.2) is 0 Å². The molecule has 2 amide bonds. The number of carbonyl (C=O) groups excluding carboxylic acids is 1. The van der Waals surface area contributed by atoms with Gasteiger partial charge in [0.05, 0.1) is 24.4 Å². The van der Waals surface area contributed by atoms with Gasteiger partial charge in [0.25, 0.3) is 5.89 Å². The molecule has 0 fully saturated rings. The summed E-state index contributed by atoms with van der Waals surface area (Å²) in [5, 5.41) is 7.17. The number of para-hydroxylation sites is 1. The fourth-order valence-electron chi connectivity index (χ4n) is 4.00. The second-order valence-electron chi connectivity index (χ2n) is 7.76. The Morgan fingerprint density at radius 3 is 2.38 bits per heavy atom. The largest absolute Gasteiger partial charge is 0.497 e. The number of halogens is 1. The Bertz CT molecular complexity index is 1350. The maximum absolute atomic E-state index is 13.4. The Morgan fingerprint density at radius 1 is 1.00 bits per heavy atom. The van der Waals surface area contributed by atoms with E-state index in [1.165, 1.54) is 12.1 Å². The van der Waals surface area contributed by atoms with Crippen molar-refractivity contribution in [3.8, 4) is 17.1 Å². The Kier molecular flexibility index (Phi) is 5.55. The highest BCUT2D eigenvalue weighted by atomic mass is 19.1. The molecule has 1 aromatic heterocycles. The summed E-state index contributed by atoms with van der Waals surface area (Å²) in [4.78, 5) is 19.4. The molecule has 1 aliphatic heterocycles. The molecule has 5 rings (SSSR count). The van der Waals surface area contributed by atoms with Gasteiger partial charge in [-0.3, -0.25) is 4.90 Å². The van der Waals surface area contributed by atoms with Crippen molar-refractivity contribution in [1.82, 2.24) is 15.5 Å². The normalized spacial score (nSPS) is 15.9. The van der Waals surface area contributed by atoms with E-state index in [0.29, 0.717) is 34.1 Å². The number of methoxy groups -OCH3 is 1. The molecule has 8 heteroatoms. The predicted molar refractivity (Wildman–Crippen MR) is 125 cm³/mol. The van der Waals surface area contributed by atoms with Crippen molar-refractivity contribution in [2.24, 2.45) is 0 Å². The summed E-state index contributed by atoms with van der Waals surface area (Å²) in [5.41, 5.74) is 3.48. The van der Waals surface area contributed by atoms with E-state index in [-0.39, 0.29) is 17.7 Å². The Balaban J connectivity index is 1.63. The molecule has 1 atom stereocenters.